The number of ether oxygens (including phenoxy) is 5. The number of para-hydroxylation sites is 2. The highest BCUT2D eigenvalue weighted by atomic mass is 32.1. The van der Waals surface area contributed by atoms with Crippen LogP contribution in [0.25, 0.3) is 16.6 Å². The maximum atomic E-state index is 13.6. The van der Waals surface area contributed by atoms with Gasteiger partial charge < -0.3 is 23.7 Å². The smallest absolute Gasteiger partial charge is 0.303 e. The molecule has 216 valence electrons. The highest BCUT2D eigenvalue weighted by Crippen LogP contribution is 2.36. The molecule has 0 unspecified atom stereocenters. The van der Waals surface area contributed by atoms with Crippen LogP contribution < -0.4 is 5.56 Å². The Morgan fingerprint density at radius 3 is 1.95 bits per heavy atom. The second-order valence-electron chi connectivity index (χ2n) is 9.24. The third-order valence-electron chi connectivity index (χ3n) is 6.23. The second kappa shape index (κ2) is 12.4. The lowest BCUT2D eigenvalue weighted by molar-refractivity contribution is -0.268. The average Bonchev–Trinajstić information content (AvgIpc) is 2.90. The summed E-state index contributed by atoms with van der Waals surface area (Å²) in [6.45, 7) is 4.21. The van der Waals surface area contributed by atoms with Crippen molar-refractivity contribution in [2.75, 3.05) is 6.61 Å². The summed E-state index contributed by atoms with van der Waals surface area (Å²) in [4.78, 5) is 62.0. The molecule has 41 heavy (non-hydrogen) atoms. The molecule has 2 aromatic carbocycles. The first-order valence-corrected chi connectivity index (χ1v) is 13.0. The lowest BCUT2D eigenvalue weighted by Crippen LogP contribution is -2.60. The maximum absolute atomic E-state index is 13.6. The number of hydrogen-bond acceptors (Lipinski definition) is 11. The number of fused-ring (bicyclic) bond motifs is 1. The number of aromatic nitrogens is 2. The normalized spacial score (nSPS) is 22.0. The Hall–Kier alpha value is -4.36. The SMILES string of the molecule is CC(=O)OC[C@H]1O[C@@H](n2c(=S)n(-c3ccccc3)c(=O)c3ccccc32)[C@@H](OC(C)=O)[C@@H](OC(C)=O)[C@@H]1OC(C)=O. The van der Waals surface area contributed by atoms with Gasteiger partial charge in [0.2, 0.25) is 0 Å². The molecular formula is C28H28N2O10S. The molecule has 4 rings (SSSR count). The highest BCUT2D eigenvalue weighted by Gasteiger charge is 2.53. The van der Waals surface area contributed by atoms with E-state index in [4.69, 9.17) is 35.9 Å². The van der Waals surface area contributed by atoms with Crippen molar-refractivity contribution < 1.29 is 42.9 Å². The number of carbonyl (C=O) groups excluding carboxylic acids is 4. The summed E-state index contributed by atoms with van der Waals surface area (Å²) in [5.74, 6) is -2.91. The summed E-state index contributed by atoms with van der Waals surface area (Å²) in [7, 11) is 0. The molecule has 1 fully saturated rings. The summed E-state index contributed by atoms with van der Waals surface area (Å²) >= 11 is 5.83. The van der Waals surface area contributed by atoms with Crippen molar-refractivity contribution in [2.24, 2.45) is 0 Å². The molecule has 3 aromatic rings. The lowest BCUT2D eigenvalue weighted by atomic mass is 9.96. The zero-order chi connectivity index (χ0) is 29.8. The van der Waals surface area contributed by atoms with E-state index in [-0.39, 0.29) is 10.2 Å². The van der Waals surface area contributed by atoms with Gasteiger partial charge >= 0.3 is 23.9 Å². The Morgan fingerprint density at radius 1 is 0.780 bits per heavy atom. The number of esters is 4. The van der Waals surface area contributed by atoms with Crippen LogP contribution in [0.2, 0.25) is 0 Å². The van der Waals surface area contributed by atoms with Gasteiger partial charge in [-0.05, 0) is 36.5 Å². The van der Waals surface area contributed by atoms with Crippen LogP contribution in [-0.4, -0.2) is 64.0 Å². The van der Waals surface area contributed by atoms with E-state index in [1.807, 2.05) is 0 Å². The van der Waals surface area contributed by atoms with Crippen molar-refractivity contribution in [3.05, 3.63) is 69.7 Å². The quantitative estimate of drug-likeness (QED) is 0.230. The van der Waals surface area contributed by atoms with Crippen LogP contribution in [0.5, 0.6) is 0 Å². The van der Waals surface area contributed by atoms with Crippen LogP contribution in [0.1, 0.15) is 33.9 Å². The van der Waals surface area contributed by atoms with Gasteiger partial charge in [0.05, 0.1) is 16.6 Å². The van der Waals surface area contributed by atoms with Crippen LogP contribution in [-0.2, 0) is 42.9 Å². The van der Waals surface area contributed by atoms with Gasteiger partial charge in [0.1, 0.15) is 12.7 Å². The van der Waals surface area contributed by atoms with E-state index in [1.54, 1.807) is 54.6 Å². The van der Waals surface area contributed by atoms with Crippen molar-refractivity contribution in [3.8, 4) is 5.69 Å². The van der Waals surface area contributed by atoms with E-state index in [1.165, 1.54) is 16.1 Å². The van der Waals surface area contributed by atoms with Crippen molar-refractivity contribution in [2.45, 2.75) is 58.3 Å². The molecule has 12 nitrogen and oxygen atoms in total. The Labute approximate surface area is 239 Å². The van der Waals surface area contributed by atoms with E-state index < -0.39 is 66.7 Å². The Kier molecular flexibility index (Phi) is 8.98. The lowest BCUT2D eigenvalue weighted by Gasteiger charge is -2.45. The first-order valence-electron chi connectivity index (χ1n) is 12.6. The van der Waals surface area contributed by atoms with Crippen molar-refractivity contribution in [1.82, 2.24) is 9.13 Å². The van der Waals surface area contributed by atoms with Gasteiger partial charge in [-0.25, -0.2) is 0 Å². The van der Waals surface area contributed by atoms with E-state index in [0.29, 0.717) is 11.2 Å². The molecule has 0 radical (unpaired) electrons. The molecule has 1 aliphatic rings. The third-order valence-corrected chi connectivity index (χ3v) is 6.61. The van der Waals surface area contributed by atoms with Crippen molar-refractivity contribution in [3.63, 3.8) is 0 Å². The first kappa shape index (κ1) is 29.6. The highest BCUT2D eigenvalue weighted by molar-refractivity contribution is 7.71. The fourth-order valence-corrected chi connectivity index (χ4v) is 5.14. The van der Waals surface area contributed by atoms with E-state index in [9.17, 15) is 24.0 Å². The van der Waals surface area contributed by atoms with Crippen LogP contribution in [0.4, 0.5) is 0 Å². The predicted octanol–water partition coefficient (Wildman–Crippen LogP) is 2.78. The molecule has 1 aromatic heterocycles. The monoisotopic (exact) mass is 584 g/mol. The summed E-state index contributed by atoms with van der Waals surface area (Å²) in [5, 5.41) is 0.262. The molecule has 0 bridgehead atoms. The average molecular weight is 585 g/mol. The maximum Gasteiger partial charge on any atom is 0.303 e. The third kappa shape index (κ3) is 6.36. The zero-order valence-electron chi connectivity index (χ0n) is 22.7. The molecule has 0 N–H and O–H groups in total. The number of carbonyl (C=O) groups is 4. The first-order chi connectivity index (χ1) is 19.5. The van der Waals surface area contributed by atoms with Crippen molar-refractivity contribution >= 4 is 47.0 Å². The number of benzene rings is 2. The number of rotatable bonds is 7. The van der Waals surface area contributed by atoms with Crippen LogP contribution in [0, 0.1) is 4.77 Å². The Balaban J connectivity index is 2.02. The predicted molar refractivity (Wildman–Crippen MR) is 146 cm³/mol. The second-order valence-corrected chi connectivity index (χ2v) is 9.60. The molecule has 0 aliphatic carbocycles. The summed E-state index contributed by atoms with van der Waals surface area (Å²) < 4.78 is 30.9. The van der Waals surface area contributed by atoms with Gasteiger partial charge in [-0.1, -0.05) is 30.3 Å². The Bertz CT molecular complexity index is 1600. The largest absolute Gasteiger partial charge is 0.463 e. The number of hydrogen-bond donors (Lipinski definition) is 0. The van der Waals surface area contributed by atoms with Crippen LogP contribution in [0.3, 0.4) is 0 Å². The van der Waals surface area contributed by atoms with Gasteiger partial charge in [-0.2, -0.15) is 0 Å². The molecule has 0 saturated carbocycles. The molecule has 0 spiro atoms. The van der Waals surface area contributed by atoms with Crippen LogP contribution in [0.15, 0.2) is 59.4 Å². The zero-order valence-corrected chi connectivity index (χ0v) is 23.5. The van der Waals surface area contributed by atoms with Gasteiger partial charge in [0.15, 0.2) is 29.3 Å². The van der Waals surface area contributed by atoms with Crippen LogP contribution >= 0.6 is 12.2 Å². The fourth-order valence-electron chi connectivity index (χ4n) is 4.75. The Morgan fingerprint density at radius 2 is 1.34 bits per heavy atom. The van der Waals surface area contributed by atoms with E-state index in [2.05, 4.69) is 0 Å². The fraction of sp³-hybridized carbons (Fsp3) is 0.357. The molecule has 5 atom stereocenters. The van der Waals surface area contributed by atoms with Gasteiger partial charge in [-0.3, -0.25) is 33.1 Å². The topological polar surface area (TPSA) is 141 Å². The van der Waals surface area contributed by atoms with Crippen molar-refractivity contribution in [1.29, 1.82) is 0 Å². The molecule has 1 saturated heterocycles. The molecule has 2 heterocycles. The van der Waals surface area contributed by atoms with Gasteiger partial charge in [0.25, 0.3) is 5.56 Å². The van der Waals surface area contributed by atoms with Gasteiger partial charge in [0, 0.05) is 27.7 Å². The minimum Gasteiger partial charge on any atom is -0.463 e. The minimum atomic E-state index is -1.41. The molecular weight excluding hydrogens is 556 g/mol. The molecule has 1 aliphatic heterocycles. The summed E-state index contributed by atoms with van der Waals surface area (Å²) in [6.07, 6.45) is -6.68. The standard InChI is InChI=1S/C28H28N2O10S/c1-15(31)36-14-22-23(37-16(2)32)24(38-17(3)33)25(39-18(4)34)27(40-22)30-21-13-9-8-12-20(21)26(35)29(28(30)41)19-10-6-5-7-11-19/h5-13,22-25,27H,14H2,1-4H3/t22-,23-,24+,25+,27-/m1/s1. The number of nitrogens with zero attached hydrogens (tertiary/aromatic N) is 2. The van der Waals surface area contributed by atoms with E-state index >= 15 is 0 Å². The summed E-state index contributed by atoms with van der Waals surface area (Å²) in [6, 6.07) is 15.3. The summed E-state index contributed by atoms with van der Waals surface area (Å²) in [5.41, 5.74) is 0.391. The molecule has 13 heteroatoms. The molecule has 0 amide bonds. The minimum absolute atomic E-state index is 0.0270. The van der Waals surface area contributed by atoms with E-state index in [0.717, 1.165) is 20.8 Å². The van der Waals surface area contributed by atoms with Gasteiger partial charge in [-0.15, -0.1) is 0 Å².